The van der Waals surface area contributed by atoms with Gasteiger partial charge in [-0.15, -0.1) is 0 Å². The summed E-state index contributed by atoms with van der Waals surface area (Å²) in [6.07, 6.45) is 0. The van der Waals surface area contributed by atoms with Gasteiger partial charge in [0.05, 0.1) is 0 Å². The van der Waals surface area contributed by atoms with Crippen LogP contribution in [0.25, 0.3) is 0 Å². The Labute approximate surface area is 88.7 Å². The van der Waals surface area contributed by atoms with Gasteiger partial charge in [0.1, 0.15) is 5.82 Å². The molecule has 0 saturated heterocycles. The van der Waals surface area contributed by atoms with Crippen LogP contribution in [-0.2, 0) is 0 Å². The van der Waals surface area contributed by atoms with Crippen molar-refractivity contribution in [2.24, 2.45) is 0 Å². The summed E-state index contributed by atoms with van der Waals surface area (Å²) in [6.45, 7) is 1.67. The molecule has 0 aliphatic rings. The fourth-order valence-electron chi connectivity index (χ4n) is 1.08. The van der Waals surface area contributed by atoms with Gasteiger partial charge in [-0.25, -0.2) is 4.39 Å². The van der Waals surface area contributed by atoms with Gasteiger partial charge in [-0.3, -0.25) is 0 Å². The minimum absolute atomic E-state index is 0.315. The van der Waals surface area contributed by atoms with Crippen LogP contribution in [0, 0.1) is 5.82 Å². The van der Waals surface area contributed by atoms with E-state index < -0.39 is 0 Å². The van der Waals surface area contributed by atoms with Crippen LogP contribution in [0.5, 0.6) is 0 Å². The molecule has 0 bridgehead atoms. The second-order valence-electron chi connectivity index (χ2n) is 3.39. The van der Waals surface area contributed by atoms with E-state index in [0.717, 1.165) is 18.8 Å². The first-order chi connectivity index (χ1) is 6.58. The maximum absolute atomic E-state index is 12.9. The predicted molar refractivity (Wildman–Crippen MR) is 58.5 cm³/mol. The quantitative estimate of drug-likeness (QED) is 0.832. The van der Waals surface area contributed by atoms with Crippen molar-refractivity contribution in [1.82, 2.24) is 4.90 Å². The van der Waals surface area contributed by atoms with E-state index in [1.54, 1.807) is 6.07 Å². The van der Waals surface area contributed by atoms with Gasteiger partial charge in [-0.05, 0) is 32.3 Å². The Bertz CT molecular complexity index is 282. The highest BCUT2D eigenvalue weighted by Crippen LogP contribution is 2.17. The molecule has 1 rings (SSSR count). The van der Waals surface area contributed by atoms with Crippen LogP contribution in [0.3, 0.4) is 0 Å². The monoisotopic (exact) mass is 216 g/mol. The second kappa shape index (κ2) is 5.17. The van der Waals surface area contributed by atoms with E-state index in [9.17, 15) is 4.39 Å². The van der Waals surface area contributed by atoms with E-state index in [2.05, 4.69) is 5.32 Å². The molecule has 0 spiro atoms. The minimum atomic E-state index is -0.315. The summed E-state index contributed by atoms with van der Waals surface area (Å²) in [5, 5.41) is 3.51. The normalized spacial score (nSPS) is 10.6. The van der Waals surface area contributed by atoms with Crippen LogP contribution in [0.15, 0.2) is 18.2 Å². The van der Waals surface area contributed by atoms with Gasteiger partial charge < -0.3 is 10.2 Å². The second-order valence-corrected chi connectivity index (χ2v) is 3.82. The molecule has 0 aliphatic heterocycles. The minimum Gasteiger partial charge on any atom is -0.384 e. The summed E-state index contributed by atoms with van der Waals surface area (Å²) >= 11 is 5.70. The van der Waals surface area contributed by atoms with Gasteiger partial charge >= 0.3 is 0 Å². The summed E-state index contributed by atoms with van der Waals surface area (Å²) in [4.78, 5) is 2.05. The third kappa shape index (κ3) is 3.94. The lowest BCUT2D eigenvalue weighted by molar-refractivity contribution is 0.425. The topological polar surface area (TPSA) is 15.3 Å². The molecule has 14 heavy (non-hydrogen) atoms. The first-order valence-corrected chi connectivity index (χ1v) is 4.80. The van der Waals surface area contributed by atoms with Crippen molar-refractivity contribution in [3.63, 3.8) is 0 Å². The average Bonchev–Trinajstić information content (AvgIpc) is 2.01. The lowest BCUT2D eigenvalue weighted by Gasteiger charge is -2.11. The van der Waals surface area contributed by atoms with Gasteiger partial charge in [0, 0.05) is 23.8 Å². The summed E-state index contributed by atoms with van der Waals surface area (Å²) < 4.78 is 12.9. The zero-order valence-corrected chi connectivity index (χ0v) is 9.11. The zero-order chi connectivity index (χ0) is 10.6. The van der Waals surface area contributed by atoms with Crippen LogP contribution in [0.2, 0.25) is 5.02 Å². The lowest BCUT2D eigenvalue weighted by Crippen LogP contribution is -2.20. The molecule has 78 valence electrons. The van der Waals surface area contributed by atoms with Gasteiger partial charge in [0.25, 0.3) is 0 Å². The average molecular weight is 217 g/mol. The van der Waals surface area contributed by atoms with Crippen molar-refractivity contribution in [3.8, 4) is 0 Å². The van der Waals surface area contributed by atoms with Crippen LogP contribution >= 0.6 is 11.6 Å². The molecular weight excluding hydrogens is 203 g/mol. The van der Waals surface area contributed by atoms with Crippen molar-refractivity contribution in [2.45, 2.75) is 0 Å². The zero-order valence-electron chi connectivity index (χ0n) is 8.35. The molecule has 1 N–H and O–H groups in total. The molecule has 4 heteroatoms. The Morgan fingerprint density at radius 3 is 2.64 bits per heavy atom. The maximum atomic E-state index is 12.9. The van der Waals surface area contributed by atoms with Crippen molar-refractivity contribution in [2.75, 3.05) is 32.5 Å². The van der Waals surface area contributed by atoms with Crippen LogP contribution in [0.1, 0.15) is 0 Å². The number of hydrogen-bond acceptors (Lipinski definition) is 2. The van der Waals surface area contributed by atoms with E-state index >= 15 is 0 Å². The van der Waals surface area contributed by atoms with E-state index in [-0.39, 0.29) is 5.82 Å². The number of benzene rings is 1. The molecule has 0 fully saturated rings. The first-order valence-electron chi connectivity index (χ1n) is 4.42. The van der Waals surface area contributed by atoms with Gasteiger partial charge in [-0.1, -0.05) is 11.6 Å². The molecule has 0 aliphatic carbocycles. The third-order valence-electron chi connectivity index (χ3n) is 1.75. The summed E-state index contributed by atoms with van der Waals surface area (Å²) in [5.74, 6) is -0.315. The SMILES string of the molecule is CN(C)CCNc1cc(F)cc(Cl)c1. The molecule has 2 nitrogen and oxygen atoms in total. The van der Waals surface area contributed by atoms with Crippen molar-refractivity contribution < 1.29 is 4.39 Å². The standard InChI is InChI=1S/C10H14ClFN2/c1-14(2)4-3-13-10-6-8(11)5-9(12)7-10/h5-7,13H,3-4H2,1-2H3. The number of hydrogen-bond donors (Lipinski definition) is 1. The molecule has 0 atom stereocenters. The smallest absolute Gasteiger partial charge is 0.126 e. The third-order valence-corrected chi connectivity index (χ3v) is 1.97. The Balaban J connectivity index is 2.50. The molecule has 1 aromatic rings. The Morgan fingerprint density at radius 2 is 2.07 bits per heavy atom. The number of likely N-dealkylation sites (N-methyl/N-ethyl adjacent to an activating group) is 1. The summed E-state index contributed by atoms with van der Waals surface area (Å²) in [7, 11) is 3.97. The fourth-order valence-corrected chi connectivity index (χ4v) is 1.30. The highest BCUT2D eigenvalue weighted by atomic mass is 35.5. The molecule has 0 amide bonds. The van der Waals surface area contributed by atoms with Gasteiger partial charge in [0.2, 0.25) is 0 Å². The predicted octanol–water partition coefficient (Wildman–Crippen LogP) is 2.45. The first kappa shape index (κ1) is 11.3. The number of nitrogens with zero attached hydrogens (tertiary/aromatic N) is 1. The number of halogens is 2. The summed E-state index contributed by atoms with van der Waals surface area (Å²) in [6, 6.07) is 4.43. The van der Waals surface area contributed by atoms with Crippen molar-refractivity contribution >= 4 is 17.3 Å². The molecule has 0 radical (unpaired) electrons. The summed E-state index contributed by atoms with van der Waals surface area (Å²) in [5.41, 5.74) is 0.719. The molecule has 1 aromatic carbocycles. The highest BCUT2D eigenvalue weighted by molar-refractivity contribution is 6.30. The van der Waals surface area contributed by atoms with E-state index in [1.807, 2.05) is 19.0 Å². The molecular formula is C10H14ClFN2. The van der Waals surface area contributed by atoms with Gasteiger partial charge in [0.15, 0.2) is 0 Å². The number of rotatable bonds is 4. The molecule has 0 unspecified atom stereocenters. The Kier molecular flexibility index (Phi) is 4.17. The number of nitrogens with one attached hydrogen (secondary N) is 1. The van der Waals surface area contributed by atoms with Gasteiger partial charge in [-0.2, -0.15) is 0 Å². The van der Waals surface area contributed by atoms with Crippen LogP contribution in [0.4, 0.5) is 10.1 Å². The van der Waals surface area contributed by atoms with E-state index in [1.165, 1.54) is 12.1 Å². The Hall–Kier alpha value is -0.800. The Morgan fingerprint density at radius 1 is 1.36 bits per heavy atom. The highest BCUT2D eigenvalue weighted by Gasteiger charge is 1.98. The van der Waals surface area contributed by atoms with Crippen molar-refractivity contribution in [3.05, 3.63) is 29.0 Å². The van der Waals surface area contributed by atoms with Crippen molar-refractivity contribution in [1.29, 1.82) is 0 Å². The molecule has 0 heterocycles. The van der Waals surface area contributed by atoms with E-state index in [0.29, 0.717) is 5.02 Å². The van der Waals surface area contributed by atoms with Crippen LogP contribution in [-0.4, -0.2) is 32.1 Å². The fraction of sp³-hybridized carbons (Fsp3) is 0.400. The number of anilines is 1. The lowest BCUT2D eigenvalue weighted by atomic mass is 10.3. The van der Waals surface area contributed by atoms with E-state index in [4.69, 9.17) is 11.6 Å². The largest absolute Gasteiger partial charge is 0.384 e. The molecule has 0 aromatic heterocycles. The maximum Gasteiger partial charge on any atom is 0.126 e. The molecule has 0 saturated carbocycles. The van der Waals surface area contributed by atoms with Crippen LogP contribution < -0.4 is 5.32 Å².